The molecule has 0 aromatic rings. The highest BCUT2D eigenvalue weighted by Crippen LogP contribution is 2.29. The average Bonchev–Trinajstić information content (AvgIpc) is 3.12. The Labute approximate surface area is 100.0 Å². The second-order valence-electron chi connectivity index (χ2n) is 5.55. The van der Waals surface area contributed by atoms with E-state index in [9.17, 15) is 0 Å². The van der Waals surface area contributed by atoms with Crippen molar-refractivity contribution in [2.24, 2.45) is 17.6 Å². The highest BCUT2D eigenvalue weighted by Gasteiger charge is 2.26. The van der Waals surface area contributed by atoms with Gasteiger partial charge in [-0.3, -0.25) is 0 Å². The fourth-order valence-electron chi connectivity index (χ4n) is 2.56. The summed E-state index contributed by atoms with van der Waals surface area (Å²) in [6, 6.07) is 0. The van der Waals surface area contributed by atoms with Crippen molar-refractivity contribution in [1.82, 2.24) is 9.80 Å². The van der Waals surface area contributed by atoms with Crippen molar-refractivity contribution in [2.75, 3.05) is 45.8 Å². The van der Waals surface area contributed by atoms with Gasteiger partial charge < -0.3 is 15.5 Å². The van der Waals surface area contributed by atoms with Crippen molar-refractivity contribution in [3.8, 4) is 0 Å². The summed E-state index contributed by atoms with van der Waals surface area (Å²) in [6.07, 6.45) is 4.18. The number of hydrogen-bond acceptors (Lipinski definition) is 3. The monoisotopic (exact) mass is 225 g/mol. The molecule has 1 atom stereocenters. The van der Waals surface area contributed by atoms with E-state index in [1.165, 1.54) is 58.5 Å². The molecule has 94 valence electrons. The van der Waals surface area contributed by atoms with Crippen LogP contribution in [-0.2, 0) is 0 Å². The standard InChI is InChI=1S/C13H27N3/c1-2-12(9-14)10-15-5-7-16(8-6-15)11-13-3-4-13/h12-13H,2-11,14H2,1H3. The molecular weight excluding hydrogens is 198 g/mol. The molecule has 3 heteroatoms. The minimum absolute atomic E-state index is 0.704. The lowest BCUT2D eigenvalue weighted by atomic mass is 10.1. The molecule has 2 rings (SSSR count). The molecule has 1 saturated heterocycles. The van der Waals surface area contributed by atoms with Crippen molar-refractivity contribution < 1.29 is 0 Å². The lowest BCUT2D eigenvalue weighted by Crippen LogP contribution is -2.48. The first-order chi connectivity index (χ1) is 7.81. The number of rotatable bonds is 6. The predicted octanol–water partition coefficient (Wildman–Crippen LogP) is 0.999. The van der Waals surface area contributed by atoms with E-state index < -0.39 is 0 Å². The molecule has 2 N–H and O–H groups in total. The molecule has 2 aliphatic rings. The molecule has 0 bridgehead atoms. The van der Waals surface area contributed by atoms with Gasteiger partial charge in [0, 0.05) is 39.3 Å². The second-order valence-corrected chi connectivity index (χ2v) is 5.55. The van der Waals surface area contributed by atoms with Crippen molar-refractivity contribution >= 4 is 0 Å². The Kier molecular flexibility index (Phi) is 4.62. The molecule has 2 fully saturated rings. The molecule has 0 radical (unpaired) electrons. The normalized spacial score (nSPS) is 25.9. The molecule has 0 amide bonds. The zero-order chi connectivity index (χ0) is 11.4. The Bertz CT molecular complexity index is 191. The first-order valence-corrected chi connectivity index (χ1v) is 6.96. The zero-order valence-electron chi connectivity index (χ0n) is 10.7. The first kappa shape index (κ1) is 12.3. The molecule has 0 spiro atoms. The summed E-state index contributed by atoms with van der Waals surface area (Å²) < 4.78 is 0. The van der Waals surface area contributed by atoms with E-state index in [0.717, 1.165) is 12.5 Å². The molecule has 16 heavy (non-hydrogen) atoms. The van der Waals surface area contributed by atoms with Crippen LogP contribution in [0.4, 0.5) is 0 Å². The van der Waals surface area contributed by atoms with E-state index in [1.807, 2.05) is 0 Å². The Hall–Kier alpha value is -0.120. The van der Waals surface area contributed by atoms with Gasteiger partial charge in [0.05, 0.1) is 0 Å². The van der Waals surface area contributed by atoms with E-state index in [0.29, 0.717) is 5.92 Å². The first-order valence-electron chi connectivity index (χ1n) is 6.96. The number of piperazine rings is 1. The van der Waals surface area contributed by atoms with Crippen LogP contribution in [0.1, 0.15) is 26.2 Å². The number of nitrogens with two attached hydrogens (primary N) is 1. The van der Waals surface area contributed by atoms with Crippen molar-refractivity contribution in [2.45, 2.75) is 26.2 Å². The van der Waals surface area contributed by atoms with Gasteiger partial charge in [-0.1, -0.05) is 13.3 Å². The van der Waals surface area contributed by atoms with Crippen LogP contribution in [0.3, 0.4) is 0 Å². The summed E-state index contributed by atoms with van der Waals surface area (Å²) in [5.74, 6) is 1.74. The van der Waals surface area contributed by atoms with Gasteiger partial charge in [-0.15, -0.1) is 0 Å². The van der Waals surface area contributed by atoms with Gasteiger partial charge in [0.1, 0.15) is 0 Å². The lowest BCUT2D eigenvalue weighted by molar-refractivity contribution is 0.114. The van der Waals surface area contributed by atoms with E-state index in [-0.39, 0.29) is 0 Å². The molecule has 3 nitrogen and oxygen atoms in total. The summed E-state index contributed by atoms with van der Waals surface area (Å²) in [5.41, 5.74) is 5.76. The second kappa shape index (κ2) is 5.99. The molecule has 0 aromatic carbocycles. The van der Waals surface area contributed by atoms with Gasteiger partial charge in [-0.05, 0) is 31.2 Å². The van der Waals surface area contributed by atoms with Crippen molar-refractivity contribution in [1.29, 1.82) is 0 Å². The Morgan fingerprint density at radius 1 is 1.12 bits per heavy atom. The third kappa shape index (κ3) is 3.72. The van der Waals surface area contributed by atoms with E-state index in [4.69, 9.17) is 5.73 Å². The van der Waals surface area contributed by atoms with Crippen LogP contribution >= 0.6 is 0 Å². The summed E-state index contributed by atoms with van der Waals surface area (Å²) in [6.45, 7) is 10.7. The highest BCUT2D eigenvalue weighted by atomic mass is 15.3. The van der Waals surface area contributed by atoms with Crippen LogP contribution in [0.2, 0.25) is 0 Å². The summed E-state index contributed by atoms with van der Waals surface area (Å²) in [4.78, 5) is 5.25. The fourth-order valence-corrected chi connectivity index (χ4v) is 2.56. The van der Waals surface area contributed by atoms with Gasteiger partial charge in [0.25, 0.3) is 0 Å². The third-order valence-electron chi connectivity index (χ3n) is 4.11. The maximum absolute atomic E-state index is 5.76. The predicted molar refractivity (Wildman–Crippen MR) is 68.4 cm³/mol. The van der Waals surface area contributed by atoms with Crippen LogP contribution in [-0.4, -0.2) is 55.6 Å². The van der Waals surface area contributed by atoms with E-state index in [2.05, 4.69) is 16.7 Å². The minimum Gasteiger partial charge on any atom is -0.330 e. The SMILES string of the molecule is CCC(CN)CN1CCN(CC2CC2)CC1. The highest BCUT2D eigenvalue weighted by molar-refractivity contribution is 4.81. The zero-order valence-corrected chi connectivity index (χ0v) is 10.7. The maximum Gasteiger partial charge on any atom is 0.0110 e. The Morgan fingerprint density at radius 3 is 2.25 bits per heavy atom. The molecule has 1 aliphatic carbocycles. The number of nitrogens with zero attached hydrogens (tertiary/aromatic N) is 2. The summed E-state index contributed by atoms with van der Waals surface area (Å²) >= 11 is 0. The lowest BCUT2D eigenvalue weighted by Gasteiger charge is -2.36. The average molecular weight is 225 g/mol. The molecule has 1 aliphatic heterocycles. The summed E-state index contributed by atoms with van der Waals surface area (Å²) in [5, 5.41) is 0. The number of hydrogen-bond donors (Lipinski definition) is 1. The Balaban J connectivity index is 1.63. The molecular formula is C13H27N3. The van der Waals surface area contributed by atoms with Gasteiger partial charge in [0.15, 0.2) is 0 Å². The van der Waals surface area contributed by atoms with Gasteiger partial charge >= 0.3 is 0 Å². The largest absolute Gasteiger partial charge is 0.330 e. The van der Waals surface area contributed by atoms with E-state index >= 15 is 0 Å². The van der Waals surface area contributed by atoms with Crippen LogP contribution < -0.4 is 5.73 Å². The topological polar surface area (TPSA) is 32.5 Å². The quantitative estimate of drug-likeness (QED) is 0.732. The van der Waals surface area contributed by atoms with Crippen molar-refractivity contribution in [3.63, 3.8) is 0 Å². The van der Waals surface area contributed by atoms with Crippen LogP contribution in [0.15, 0.2) is 0 Å². The molecule has 0 aromatic heterocycles. The third-order valence-corrected chi connectivity index (χ3v) is 4.11. The smallest absolute Gasteiger partial charge is 0.0110 e. The van der Waals surface area contributed by atoms with Gasteiger partial charge in [-0.2, -0.15) is 0 Å². The summed E-state index contributed by atoms with van der Waals surface area (Å²) in [7, 11) is 0. The van der Waals surface area contributed by atoms with Gasteiger partial charge in [-0.25, -0.2) is 0 Å². The fraction of sp³-hybridized carbons (Fsp3) is 1.00. The molecule has 1 heterocycles. The maximum atomic E-state index is 5.76. The van der Waals surface area contributed by atoms with Crippen LogP contribution in [0.25, 0.3) is 0 Å². The minimum atomic E-state index is 0.704. The Morgan fingerprint density at radius 2 is 1.75 bits per heavy atom. The van der Waals surface area contributed by atoms with E-state index in [1.54, 1.807) is 0 Å². The molecule has 1 unspecified atom stereocenters. The van der Waals surface area contributed by atoms with Crippen LogP contribution in [0, 0.1) is 11.8 Å². The van der Waals surface area contributed by atoms with Crippen LogP contribution in [0.5, 0.6) is 0 Å². The van der Waals surface area contributed by atoms with Crippen molar-refractivity contribution in [3.05, 3.63) is 0 Å². The van der Waals surface area contributed by atoms with Gasteiger partial charge in [0.2, 0.25) is 0 Å². The molecule has 1 saturated carbocycles.